The Morgan fingerprint density at radius 2 is 1.67 bits per heavy atom. The Morgan fingerprint density at radius 1 is 0.923 bits per heavy atom. The molecule has 194 valence electrons. The lowest BCUT2D eigenvalue weighted by atomic mass is 10.0. The minimum atomic E-state index is -0.249. The van der Waals surface area contributed by atoms with E-state index in [9.17, 15) is 4.79 Å². The SMILES string of the molecule is CCOc1ccc(-n2c(SCC(=O)NN=Cc3ccc(-c4ccccc4)cc3)nnc2-c2cccnc2)cc1. The van der Waals surface area contributed by atoms with E-state index in [-0.39, 0.29) is 11.7 Å². The fourth-order valence-corrected chi connectivity index (χ4v) is 4.61. The van der Waals surface area contributed by atoms with Crippen molar-refractivity contribution in [3.05, 3.63) is 109 Å². The van der Waals surface area contributed by atoms with E-state index in [2.05, 4.69) is 37.8 Å². The lowest BCUT2D eigenvalue weighted by Gasteiger charge is -2.11. The standard InChI is InChI=1S/C30H26N6O2S/c1-2-38-27-16-14-26(15-17-27)36-29(25-9-6-18-31-20-25)34-35-30(36)39-21-28(37)33-32-19-22-10-12-24(13-11-22)23-7-4-3-5-8-23/h3-20H,2,21H2,1H3,(H,33,37). The van der Waals surface area contributed by atoms with Crippen molar-refractivity contribution >= 4 is 23.9 Å². The van der Waals surface area contributed by atoms with Crippen LogP contribution in [0, 0.1) is 0 Å². The Bertz CT molecular complexity index is 1540. The van der Waals surface area contributed by atoms with Crippen molar-refractivity contribution in [2.45, 2.75) is 12.1 Å². The van der Waals surface area contributed by atoms with Crippen LogP contribution in [0.1, 0.15) is 12.5 Å². The van der Waals surface area contributed by atoms with Gasteiger partial charge in [-0.05, 0) is 60.0 Å². The number of benzene rings is 3. The van der Waals surface area contributed by atoms with Gasteiger partial charge in [-0.1, -0.05) is 66.4 Å². The molecule has 8 nitrogen and oxygen atoms in total. The zero-order valence-electron chi connectivity index (χ0n) is 21.3. The summed E-state index contributed by atoms with van der Waals surface area (Å²) in [5.74, 6) is 1.28. The summed E-state index contributed by atoms with van der Waals surface area (Å²) < 4.78 is 7.48. The lowest BCUT2D eigenvalue weighted by Crippen LogP contribution is -2.20. The summed E-state index contributed by atoms with van der Waals surface area (Å²) in [5, 5.41) is 13.4. The molecule has 0 aliphatic carbocycles. The first-order valence-electron chi connectivity index (χ1n) is 12.4. The molecule has 0 saturated carbocycles. The Morgan fingerprint density at radius 3 is 2.38 bits per heavy atom. The van der Waals surface area contributed by atoms with Gasteiger partial charge in [0.1, 0.15) is 5.75 Å². The van der Waals surface area contributed by atoms with E-state index in [1.165, 1.54) is 11.8 Å². The molecule has 39 heavy (non-hydrogen) atoms. The number of hydrogen-bond acceptors (Lipinski definition) is 7. The third kappa shape index (κ3) is 6.58. The fraction of sp³-hybridized carbons (Fsp3) is 0.100. The van der Waals surface area contributed by atoms with E-state index < -0.39 is 0 Å². The zero-order valence-corrected chi connectivity index (χ0v) is 22.1. The van der Waals surface area contributed by atoms with Gasteiger partial charge in [-0.2, -0.15) is 5.10 Å². The molecule has 3 aromatic carbocycles. The number of carbonyl (C=O) groups is 1. The van der Waals surface area contributed by atoms with Crippen molar-refractivity contribution in [1.29, 1.82) is 0 Å². The first kappa shape index (κ1) is 25.9. The maximum absolute atomic E-state index is 12.6. The summed E-state index contributed by atoms with van der Waals surface area (Å²) in [6, 6.07) is 29.6. The van der Waals surface area contributed by atoms with E-state index >= 15 is 0 Å². The number of thioether (sulfide) groups is 1. The highest BCUT2D eigenvalue weighted by Gasteiger charge is 2.17. The number of hydrazone groups is 1. The molecular formula is C30H26N6O2S. The molecule has 0 atom stereocenters. The fourth-order valence-electron chi connectivity index (χ4n) is 3.87. The molecular weight excluding hydrogens is 508 g/mol. The number of ether oxygens (including phenoxy) is 1. The monoisotopic (exact) mass is 534 g/mol. The quantitative estimate of drug-likeness (QED) is 0.142. The van der Waals surface area contributed by atoms with E-state index in [4.69, 9.17) is 4.74 Å². The Labute approximate surface area is 230 Å². The van der Waals surface area contributed by atoms with Gasteiger partial charge in [-0.3, -0.25) is 14.3 Å². The van der Waals surface area contributed by atoms with E-state index in [0.717, 1.165) is 33.7 Å². The van der Waals surface area contributed by atoms with E-state index in [1.54, 1.807) is 18.6 Å². The molecule has 0 bridgehead atoms. The molecule has 5 rings (SSSR count). The summed E-state index contributed by atoms with van der Waals surface area (Å²) in [4.78, 5) is 16.8. The molecule has 1 amide bonds. The molecule has 0 aliphatic heterocycles. The Kier molecular flexibility index (Phi) is 8.40. The summed E-state index contributed by atoms with van der Waals surface area (Å²) in [5.41, 5.74) is 7.42. The van der Waals surface area contributed by atoms with Gasteiger partial charge >= 0.3 is 0 Å². The average Bonchev–Trinajstić information content (AvgIpc) is 3.42. The number of nitrogens with zero attached hydrogens (tertiary/aromatic N) is 5. The average molecular weight is 535 g/mol. The smallest absolute Gasteiger partial charge is 0.250 e. The summed E-state index contributed by atoms with van der Waals surface area (Å²) in [6.45, 7) is 2.53. The molecule has 0 unspecified atom stereocenters. The van der Waals surface area contributed by atoms with Crippen LogP contribution in [0.5, 0.6) is 5.75 Å². The molecule has 0 saturated heterocycles. The third-order valence-electron chi connectivity index (χ3n) is 5.71. The zero-order chi connectivity index (χ0) is 26.9. The second-order valence-electron chi connectivity index (χ2n) is 8.38. The molecule has 1 N–H and O–H groups in total. The second-order valence-corrected chi connectivity index (χ2v) is 9.32. The van der Waals surface area contributed by atoms with Crippen LogP contribution in [0.25, 0.3) is 28.2 Å². The number of nitrogens with one attached hydrogen (secondary N) is 1. The van der Waals surface area contributed by atoms with Gasteiger partial charge in [0.05, 0.1) is 18.6 Å². The molecule has 9 heteroatoms. The highest BCUT2D eigenvalue weighted by molar-refractivity contribution is 7.99. The van der Waals surface area contributed by atoms with Crippen LogP contribution < -0.4 is 10.2 Å². The van der Waals surface area contributed by atoms with Gasteiger partial charge in [-0.25, -0.2) is 5.43 Å². The number of carbonyl (C=O) groups excluding carboxylic acids is 1. The van der Waals surface area contributed by atoms with Crippen LogP contribution in [0.2, 0.25) is 0 Å². The molecule has 5 aromatic rings. The second kappa shape index (κ2) is 12.7. The van der Waals surface area contributed by atoms with Crippen LogP contribution >= 0.6 is 11.8 Å². The van der Waals surface area contributed by atoms with Crippen molar-refractivity contribution in [2.24, 2.45) is 5.10 Å². The molecule has 0 spiro atoms. The highest BCUT2D eigenvalue weighted by Crippen LogP contribution is 2.28. The van der Waals surface area contributed by atoms with Gasteiger partial charge < -0.3 is 4.74 Å². The largest absolute Gasteiger partial charge is 0.494 e. The van der Waals surface area contributed by atoms with E-state index in [1.807, 2.05) is 90.4 Å². The van der Waals surface area contributed by atoms with Crippen molar-refractivity contribution in [2.75, 3.05) is 12.4 Å². The van der Waals surface area contributed by atoms with Crippen LogP contribution in [0.4, 0.5) is 0 Å². The molecule has 0 radical (unpaired) electrons. The van der Waals surface area contributed by atoms with Crippen molar-refractivity contribution in [1.82, 2.24) is 25.2 Å². The van der Waals surface area contributed by atoms with Crippen molar-refractivity contribution in [3.8, 4) is 34.0 Å². The van der Waals surface area contributed by atoms with Gasteiger partial charge in [-0.15, -0.1) is 10.2 Å². The normalized spacial score (nSPS) is 11.0. The maximum Gasteiger partial charge on any atom is 0.250 e. The number of amides is 1. The lowest BCUT2D eigenvalue weighted by molar-refractivity contribution is -0.118. The van der Waals surface area contributed by atoms with Gasteiger partial charge in [0.25, 0.3) is 5.91 Å². The number of aromatic nitrogens is 4. The predicted octanol–water partition coefficient (Wildman–Crippen LogP) is 5.64. The summed E-state index contributed by atoms with van der Waals surface area (Å²) >= 11 is 1.28. The van der Waals surface area contributed by atoms with Gasteiger partial charge in [0.2, 0.25) is 0 Å². The number of hydrogen-bond donors (Lipinski definition) is 1. The highest BCUT2D eigenvalue weighted by atomic mass is 32.2. The molecule has 2 aromatic heterocycles. The maximum atomic E-state index is 12.6. The molecule has 0 fully saturated rings. The predicted molar refractivity (Wildman–Crippen MR) is 154 cm³/mol. The Balaban J connectivity index is 1.25. The number of pyridine rings is 1. The molecule has 2 heterocycles. The minimum absolute atomic E-state index is 0.118. The Hall–Kier alpha value is -4.76. The van der Waals surface area contributed by atoms with Gasteiger partial charge in [0.15, 0.2) is 11.0 Å². The molecule has 0 aliphatic rings. The van der Waals surface area contributed by atoms with Crippen LogP contribution in [-0.4, -0.2) is 44.2 Å². The first-order chi connectivity index (χ1) is 19.2. The van der Waals surface area contributed by atoms with Crippen molar-refractivity contribution < 1.29 is 9.53 Å². The third-order valence-corrected chi connectivity index (χ3v) is 6.64. The first-order valence-corrected chi connectivity index (χ1v) is 13.4. The van der Waals surface area contributed by atoms with Crippen molar-refractivity contribution in [3.63, 3.8) is 0 Å². The summed E-state index contributed by atoms with van der Waals surface area (Å²) in [7, 11) is 0. The summed E-state index contributed by atoms with van der Waals surface area (Å²) in [6.07, 6.45) is 5.07. The van der Waals surface area contributed by atoms with Crippen LogP contribution in [0.3, 0.4) is 0 Å². The van der Waals surface area contributed by atoms with Crippen LogP contribution in [-0.2, 0) is 4.79 Å². The van der Waals surface area contributed by atoms with E-state index in [0.29, 0.717) is 17.6 Å². The topological polar surface area (TPSA) is 94.3 Å². The number of rotatable bonds is 10. The van der Waals surface area contributed by atoms with Crippen LogP contribution in [0.15, 0.2) is 114 Å². The minimum Gasteiger partial charge on any atom is -0.494 e. The van der Waals surface area contributed by atoms with Gasteiger partial charge in [0, 0.05) is 23.6 Å².